The summed E-state index contributed by atoms with van der Waals surface area (Å²) in [6.07, 6.45) is -5.40. The summed E-state index contributed by atoms with van der Waals surface area (Å²) in [4.78, 5) is 11.7. The molecule has 0 fully saturated rings. The molecule has 22 heavy (non-hydrogen) atoms. The molecule has 1 rings (SSSR count). The van der Waals surface area contributed by atoms with Crippen LogP contribution in [0.3, 0.4) is 0 Å². The van der Waals surface area contributed by atoms with Gasteiger partial charge in [-0.2, -0.15) is 0 Å². The molecule has 0 spiro atoms. The lowest BCUT2D eigenvalue weighted by molar-refractivity contribution is -0.274. The number of halogens is 3. The van der Waals surface area contributed by atoms with E-state index in [1.165, 1.54) is 12.1 Å². The van der Waals surface area contributed by atoms with Gasteiger partial charge in [0.15, 0.2) is 0 Å². The number of ether oxygens (including phenoxy) is 2. The minimum Gasteiger partial charge on any atom is -0.444 e. The standard InChI is InChI=1S/C14H19F3N2O3/c1-13(2,3)22-12(20)19-11(8-18)9-4-6-10(7-5-9)21-14(15,16)17/h4-7,11H,8,18H2,1-3H3,(H,19,20). The molecule has 0 aliphatic heterocycles. The minimum absolute atomic E-state index is 0.0682. The third-order valence-corrected chi connectivity index (χ3v) is 2.44. The third kappa shape index (κ3) is 6.66. The smallest absolute Gasteiger partial charge is 0.444 e. The molecule has 0 saturated carbocycles. The first kappa shape index (κ1) is 18.1. The second kappa shape index (κ2) is 6.87. The van der Waals surface area contributed by atoms with Crippen LogP contribution in [0.5, 0.6) is 5.75 Å². The summed E-state index contributed by atoms with van der Waals surface area (Å²) in [5.74, 6) is -0.343. The molecule has 5 nitrogen and oxygen atoms in total. The molecule has 3 N–H and O–H groups in total. The molecule has 0 aromatic heterocycles. The largest absolute Gasteiger partial charge is 0.573 e. The van der Waals surface area contributed by atoms with Crippen LogP contribution >= 0.6 is 0 Å². The lowest BCUT2D eigenvalue weighted by atomic mass is 10.1. The van der Waals surface area contributed by atoms with Gasteiger partial charge < -0.3 is 20.5 Å². The van der Waals surface area contributed by atoms with Crippen LogP contribution in [-0.4, -0.2) is 24.6 Å². The van der Waals surface area contributed by atoms with Crippen molar-refractivity contribution in [2.45, 2.75) is 38.8 Å². The fourth-order valence-corrected chi connectivity index (χ4v) is 1.63. The van der Waals surface area contributed by atoms with E-state index in [1.807, 2.05) is 0 Å². The Hall–Kier alpha value is -1.96. The molecular formula is C14H19F3N2O3. The fourth-order valence-electron chi connectivity index (χ4n) is 1.63. The number of nitrogens with two attached hydrogens (primary N) is 1. The van der Waals surface area contributed by atoms with Gasteiger partial charge in [-0.3, -0.25) is 0 Å². The topological polar surface area (TPSA) is 73.6 Å². The first-order chi connectivity index (χ1) is 10.00. The van der Waals surface area contributed by atoms with E-state index in [0.29, 0.717) is 5.56 Å². The summed E-state index contributed by atoms with van der Waals surface area (Å²) >= 11 is 0. The Morgan fingerprint density at radius 1 is 1.23 bits per heavy atom. The number of hydrogen-bond acceptors (Lipinski definition) is 4. The van der Waals surface area contributed by atoms with E-state index >= 15 is 0 Å². The molecule has 1 amide bonds. The number of benzene rings is 1. The van der Waals surface area contributed by atoms with Gasteiger partial charge in [0.25, 0.3) is 0 Å². The van der Waals surface area contributed by atoms with Gasteiger partial charge in [-0.25, -0.2) is 4.79 Å². The molecule has 0 radical (unpaired) electrons. The number of alkyl carbamates (subject to hydrolysis) is 1. The first-order valence-corrected chi connectivity index (χ1v) is 6.55. The van der Waals surface area contributed by atoms with Crippen LogP contribution in [0, 0.1) is 0 Å². The van der Waals surface area contributed by atoms with Crippen molar-refractivity contribution in [3.63, 3.8) is 0 Å². The van der Waals surface area contributed by atoms with Crippen molar-refractivity contribution in [3.05, 3.63) is 29.8 Å². The first-order valence-electron chi connectivity index (χ1n) is 6.55. The molecule has 0 bridgehead atoms. The zero-order valence-electron chi connectivity index (χ0n) is 12.5. The molecule has 1 unspecified atom stereocenters. The van der Waals surface area contributed by atoms with E-state index in [1.54, 1.807) is 20.8 Å². The third-order valence-electron chi connectivity index (χ3n) is 2.44. The quantitative estimate of drug-likeness (QED) is 0.894. The number of nitrogens with one attached hydrogen (secondary N) is 1. The summed E-state index contributed by atoms with van der Waals surface area (Å²) in [6.45, 7) is 5.21. The Labute approximate surface area is 126 Å². The second-order valence-corrected chi connectivity index (χ2v) is 5.55. The van der Waals surface area contributed by atoms with Crippen LogP contribution in [0.25, 0.3) is 0 Å². The highest BCUT2D eigenvalue weighted by atomic mass is 19.4. The van der Waals surface area contributed by atoms with Crippen molar-refractivity contribution in [1.29, 1.82) is 0 Å². The van der Waals surface area contributed by atoms with E-state index in [4.69, 9.17) is 10.5 Å². The average molecular weight is 320 g/mol. The van der Waals surface area contributed by atoms with Crippen LogP contribution in [0.2, 0.25) is 0 Å². The molecule has 0 aliphatic rings. The van der Waals surface area contributed by atoms with Crippen LogP contribution < -0.4 is 15.8 Å². The van der Waals surface area contributed by atoms with Gasteiger partial charge in [-0.05, 0) is 38.5 Å². The fraction of sp³-hybridized carbons (Fsp3) is 0.500. The summed E-state index contributed by atoms with van der Waals surface area (Å²) < 4.78 is 45.1. The van der Waals surface area contributed by atoms with Gasteiger partial charge in [-0.15, -0.1) is 13.2 Å². The highest BCUT2D eigenvalue weighted by Crippen LogP contribution is 2.24. The number of alkyl halides is 3. The van der Waals surface area contributed by atoms with Crippen LogP contribution in [-0.2, 0) is 4.74 Å². The van der Waals surface area contributed by atoms with E-state index in [0.717, 1.165) is 12.1 Å². The Morgan fingerprint density at radius 2 is 1.77 bits per heavy atom. The van der Waals surface area contributed by atoms with Gasteiger partial charge in [0.05, 0.1) is 6.04 Å². The maximum atomic E-state index is 12.1. The molecule has 8 heteroatoms. The van der Waals surface area contributed by atoms with Gasteiger partial charge >= 0.3 is 12.5 Å². The molecule has 0 heterocycles. The summed E-state index contributed by atoms with van der Waals surface area (Å²) in [5, 5.41) is 2.56. The van der Waals surface area contributed by atoms with E-state index in [9.17, 15) is 18.0 Å². The van der Waals surface area contributed by atoms with Crippen molar-refractivity contribution < 1.29 is 27.4 Å². The monoisotopic (exact) mass is 320 g/mol. The highest BCUT2D eigenvalue weighted by molar-refractivity contribution is 5.68. The number of carbonyl (C=O) groups is 1. The summed E-state index contributed by atoms with van der Waals surface area (Å²) in [5.41, 5.74) is 5.46. The normalized spacial score (nSPS) is 13.4. The minimum atomic E-state index is -4.75. The van der Waals surface area contributed by atoms with Crippen molar-refractivity contribution in [2.75, 3.05) is 6.54 Å². The Balaban J connectivity index is 2.73. The molecule has 124 valence electrons. The maximum Gasteiger partial charge on any atom is 0.573 e. The second-order valence-electron chi connectivity index (χ2n) is 5.55. The number of rotatable bonds is 4. The highest BCUT2D eigenvalue weighted by Gasteiger charge is 2.31. The molecule has 1 aromatic carbocycles. The number of hydrogen-bond donors (Lipinski definition) is 2. The number of carbonyl (C=O) groups excluding carboxylic acids is 1. The summed E-state index contributed by atoms with van der Waals surface area (Å²) in [6, 6.07) is 4.53. The van der Waals surface area contributed by atoms with Crippen molar-refractivity contribution >= 4 is 6.09 Å². The van der Waals surface area contributed by atoms with Gasteiger partial charge in [-0.1, -0.05) is 12.1 Å². The molecule has 0 saturated heterocycles. The molecular weight excluding hydrogens is 301 g/mol. The van der Waals surface area contributed by atoms with Gasteiger partial charge in [0, 0.05) is 6.54 Å². The number of amides is 1. The van der Waals surface area contributed by atoms with Crippen molar-refractivity contribution in [3.8, 4) is 5.75 Å². The van der Waals surface area contributed by atoms with Crippen molar-refractivity contribution in [1.82, 2.24) is 5.32 Å². The van der Waals surface area contributed by atoms with Crippen LogP contribution in [0.4, 0.5) is 18.0 Å². The molecule has 0 aliphatic carbocycles. The van der Waals surface area contributed by atoms with Gasteiger partial charge in [0.2, 0.25) is 0 Å². The SMILES string of the molecule is CC(C)(C)OC(=O)NC(CN)c1ccc(OC(F)(F)F)cc1. The maximum absolute atomic E-state index is 12.1. The molecule has 1 atom stereocenters. The van der Waals surface area contributed by atoms with Crippen molar-refractivity contribution in [2.24, 2.45) is 5.73 Å². The van der Waals surface area contributed by atoms with E-state index in [2.05, 4.69) is 10.1 Å². The zero-order valence-corrected chi connectivity index (χ0v) is 12.5. The predicted molar refractivity (Wildman–Crippen MR) is 74.3 cm³/mol. The average Bonchev–Trinajstić information content (AvgIpc) is 2.33. The van der Waals surface area contributed by atoms with Gasteiger partial charge in [0.1, 0.15) is 11.4 Å². The van der Waals surface area contributed by atoms with Crippen LogP contribution in [0.15, 0.2) is 24.3 Å². The van der Waals surface area contributed by atoms with E-state index < -0.39 is 24.1 Å². The zero-order chi connectivity index (χ0) is 17.0. The molecule has 1 aromatic rings. The lowest BCUT2D eigenvalue weighted by Gasteiger charge is -2.23. The Kier molecular flexibility index (Phi) is 5.65. The Bertz CT molecular complexity index is 496. The summed E-state index contributed by atoms with van der Waals surface area (Å²) in [7, 11) is 0. The van der Waals surface area contributed by atoms with E-state index in [-0.39, 0.29) is 12.3 Å². The Morgan fingerprint density at radius 3 is 2.18 bits per heavy atom. The predicted octanol–water partition coefficient (Wildman–Crippen LogP) is 3.11. The van der Waals surface area contributed by atoms with Crippen LogP contribution in [0.1, 0.15) is 32.4 Å². The lowest BCUT2D eigenvalue weighted by Crippen LogP contribution is -2.37.